The minimum Gasteiger partial charge on any atom is -0.495 e. The highest BCUT2D eigenvalue weighted by Crippen LogP contribution is 2.39. The van der Waals surface area contributed by atoms with Crippen LogP contribution >= 0.6 is 11.6 Å². The first-order valence-corrected chi connectivity index (χ1v) is 9.86. The molecule has 0 spiro atoms. The number of anilines is 1. The molecule has 0 atom stereocenters. The molecule has 0 amide bonds. The van der Waals surface area contributed by atoms with E-state index in [0.717, 1.165) is 22.2 Å². The van der Waals surface area contributed by atoms with Crippen LogP contribution in [0.2, 0.25) is 5.02 Å². The average molecular weight is 427 g/mol. The second-order valence-corrected chi connectivity index (χ2v) is 7.23. The predicted molar refractivity (Wildman–Crippen MR) is 117 cm³/mol. The third-order valence-electron chi connectivity index (χ3n) is 4.98. The summed E-state index contributed by atoms with van der Waals surface area (Å²) in [4.78, 5) is 9.15. The van der Waals surface area contributed by atoms with Gasteiger partial charge in [-0.2, -0.15) is 0 Å². The van der Waals surface area contributed by atoms with Crippen molar-refractivity contribution in [1.82, 2.24) is 24.1 Å². The standard InChI is InChI=1S/C21H23ClN6O2/c1-13-15(14-6-5-7-16(30-4)17(14)22)12-28-18(13)19(23-9-11-29-3)25-20(26-28)21-24-8-10-27(21)2/h5-8,10,12H,9,11H2,1-4H3,(H,23,25,26). The minimum atomic E-state index is 0.521. The summed E-state index contributed by atoms with van der Waals surface area (Å²) in [6.07, 6.45) is 5.55. The van der Waals surface area contributed by atoms with Crippen LogP contribution in [0.25, 0.3) is 28.3 Å². The summed E-state index contributed by atoms with van der Waals surface area (Å²) in [5.74, 6) is 2.54. The second-order valence-electron chi connectivity index (χ2n) is 6.85. The number of nitrogens with zero attached hydrogens (tertiary/aromatic N) is 5. The molecule has 0 radical (unpaired) electrons. The monoisotopic (exact) mass is 426 g/mol. The number of hydrogen-bond donors (Lipinski definition) is 1. The Bertz CT molecular complexity index is 1200. The summed E-state index contributed by atoms with van der Waals surface area (Å²) in [6, 6.07) is 5.73. The Labute approximate surface area is 179 Å². The molecule has 0 saturated heterocycles. The van der Waals surface area contributed by atoms with Gasteiger partial charge in [-0.1, -0.05) is 23.7 Å². The molecule has 3 aromatic heterocycles. The van der Waals surface area contributed by atoms with E-state index in [1.54, 1.807) is 20.4 Å². The van der Waals surface area contributed by atoms with Crippen molar-refractivity contribution in [3.8, 4) is 28.5 Å². The topological polar surface area (TPSA) is 78.5 Å². The zero-order chi connectivity index (χ0) is 21.3. The summed E-state index contributed by atoms with van der Waals surface area (Å²) in [5, 5.41) is 8.65. The smallest absolute Gasteiger partial charge is 0.218 e. The van der Waals surface area contributed by atoms with Gasteiger partial charge in [-0.25, -0.2) is 14.5 Å². The van der Waals surface area contributed by atoms with Gasteiger partial charge in [0.15, 0.2) is 11.6 Å². The maximum atomic E-state index is 6.60. The highest BCUT2D eigenvalue weighted by molar-refractivity contribution is 6.34. The molecule has 1 aromatic carbocycles. The van der Waals surface area contributed by atoms with Crippen LogP contribution in [-0.4, -0.2) is 51.5 Å². The molecule has 156 valence electrons. The lowest BCUT2D eigenvalue weighted by Crippen LogP contribution is -2.12. The average Bonchev–Trinajstić information content (AvgIpc) is 3.31. The number of imidazole rings is 1. The van der Waals surface area contributed by atoms with E-state index in [1.807, 2.05) is 53.6 Å². The molecule has 3 heterocycles. The Balaban J connectivity index is 1.92. The quantitative estimate of drug-likeness (QED) is 0.452. The Kier molecular flexibility index (Phi) is 5.61. The molecule has 4 aromatic rings. The fourth-order valence-corrected chi connectivity index (χ4v) is 3.75. The molecule has 0 aliphatic heterocycles. The van der Waals surface area contributed by atoms with Crippen LogP contribution in [0, 0.1) is 6.92 Å². The first-order valence-electron chi connectivity index (χ1n) is 9.48. The number of rotatable bonds is 7. The van der Waals surface area contributed by atoms with E-state index < -0.39 is 0 Å². The van der Waals surface area contributed by atoms with E-state index >= 15 is 0 Å². The zero-order valence-electron chi connectivity index (χ0n) is 17.3. The largest absolute Gasteiger partial charge is 0.495 e. The van der Waals surface area contributed by atoms with E-state index in [1.165, 1.54) is 0 Å². The van der Waals surface area contributed by atoms with Crippen molar-refractivity contribution in [3.63, 3.8) is 0 Å². The Morgan fingerprint density at radius 1 is 1.20 bits per heavy atom. The maximum Gasteiger partial charge on any atom is 0.218 e. The number of benzene rings is 1. The van der Waals surface area contributed by atoms with E-state index in [4.69, 9.17) is 31.2 Å². The summed E-state index contributed by atoms with van der Waals surface area (Å²) in [5.41, 5.74) is 3.72. The van der Waals surface area contributed by atoms with Gasteiger partial charge in [0.1, 0.15) is 11.3 Å². The zero-order valence-corrected chi connectivity index (χ0v) is 18.1. The molecule has 0 fully saturated rings. The van der Waals surface area contributed by atoms with Gasteiger partial charge in [0.05, 0.1) is 18.7 Å². The van der Waals surface area contributed by atoms with E-state index in [-0.39, 0.29) is 0 Å². The number of hydrogen-bond acceptors (Lipinski definition) is 6. The first kappa shape index (κ1) is 20.2. The summed E-state index contributed by atoms with van der Waals surface area (Å²) in [6.45, 7) is 3.21. The van der Waals surface area contributed by atoms with Gasteiger partial charge >= 0.3 is 0 Å². The molecule has 8 nitrogen and oxygen atoms in total. The van der Waals surface area contributed by atoms with Crippen molar-refractivity contribution in [3.05, 3.63) is 47.4 Å². The van der Waals surface area contributed by atoms with Crippen molar-refractivity contribution < 1.29 is 9.47 Å². The summed E-state index contributed by atoms with van der Waals surface area (Å²) < 4.78 is 14.3. The van der Waals surface area contributed by atoms with Gasteiger partial charge in [-0.05, 0) is 18.6 Å². The number of halogens is 1. The fourth-order valence-electron chi connectivity index (χ4n) is 3.45. The number of ether oxygens (including phenoxy) is 2. The Hall–Kier alpha value is -3.10. The van der Waals surface area contributed by atoms with Gasteiger partial charge < -0.3 is 19.4 Å². The molecule has 9 heteroatoms. The summed E-state index contributed by atoms with van der Waals surface area (Å²) >= 11 is 6.60. The van der Waals surface area contributed by atoms with Crippen molar-refractivity contribution >= 4 is 22.9 Å². The van der Waals surface area contributed by atoms with Crippen LogP contribution < -0.4 is 10.1 Å². The number of aromatic nitrogens is 5. The Morgan fingerprint density at radius 3 is 2.73 bits per heavy atom. The lowest BCUT2D eigenvalue weighted by Gasteiger charge is -2.10. The lowest BCUT2D eigenvalue weighted by atomic mass is 10.0. The third kappa shape index (κ3) is 3.48. The van der Waals surface area contributed by atoms with Gasteiger partial charge in [0, 0.05) is 50.4 Å². The molecule has 0 bridgehead atoms. The molecule has 0 aliphatic rings. The van der Waals surface area contributed by atoms with E-state index in [0.29, 0.717) is 41.4 Å². The van der Waals surface area contributed by atoms with Crippen LogP contribution in [0.15, 0.2) is 36.8 Å². The molecule has 0 unspecified atom stereocenters. The fraction of sp³-hybridized carbons (Fsp3) is 0.286. The maximum absolute atomic E-state index is 6.60. The SMILES string of the molecule is COCCNc1nc(-c2nccn2C)nn2cc(-c3cccc(OC)c3Cl)c(C)c12. The van der Waals surface area contributed by atoms with Crippen molar-refractivity contribution in [2.45, 2.75) is 6.92 Å². The van der Waals surface area contributed by atoms with Gasteiger partial charge in [0.25, 0.3) is 0 Å². The lowest BCUT2D eigenvalue weighted by molar-refractivity contribution is 0.210. The molecule has 1 N–H and O–H groups in total. The number of methoxy groups -OCH3 is 2. The van der Waals surface area contributed by atoms with Crippen LogP contribution in [-0.2, 0) is 11.8 Å². The highest BCUT2D eigenvalue weighted by atomic mass is 35.5. The van der Waals surface area contributed by atoms with Crippen LogP contribution in [0.1, 0.15) is 5.56 Å². The van der Waals surface area contributed by atoms with Gasteiger partial charge in [0.2, 0.25) is 5.82 Å². The molecule has 0 aliphatic carbocycles. The van der Waals surface area contributed by atoms with Gasteiger partial charge in [-0.15, -0.1) is 5.10 Å². The Morgan fingerprint density at radius 2 is 2.03 bits per heavy atom. The van der Waals surface area contributed by atoms with Crippen LogP contribution in [0.4, 0.5) is 5.82 Å². The second kappa shape index (κ2) is 8.33. The molecule has 0 saturated carbocycles. The van der Waals surface area contributed by atoms with Gasteiger partial charge in [-0.3, -0.25) is 0 Å². The first-order chi connectivity index (χ1) is 14.5. The van der Waals surface area contributed by atoms with Crippen LogP contribution in [0.3, 0.4) is 0 Å². The number of aryl methyl sites for hydroxylation is 2. The summed E-state index contributed by atoms with van der Waals surface area (Å²) in [7, 11) is 5.19. The molecule has 30 heavy (non-hydrogen) atoms. The molecule has 4 rings (SSSR count). The number of nitrogens with one attached hydrogen (secondary N) is 1. The minimum absolute atomic E-state index is 0.521. The van der Waals surface area contributed by atoms with Crippen molar-refractivity contribution in [1.29, 1.82) is 0 Å². The van der Waals surface area contributed by atoms with E-state index in [2.05, 4.69) is 10.3 Å². The molecular weight excluding hydrogens is 404 g/mol. The van der Waals surface area contributed by atoms with Crippen molar-refractivity contribution in [2.24, 2.45) is 7.05 Å². The van der Waals surface area contributed by atoms with Crippen molar-refractivity contribution in [2.75, 3.05) is 32.7 Å². The number of fused-ring (bicyclic) bond motifs is 1. The van der Waals surface area contributed by atoms with Crippen LogP contribution in [0.5, 0.6) is 5.75 Å². The molecular formula is C21H23ClN6O2. The van der Waals surface area contributed by atoms with E-state index in [9.17, 15) is 0 Å². The highest BCUT2D eigenvalue weighted by Gasteiger charge is 2.20. The third-order valence-corrected chi connectivity index (χ3v) is 5.37. The predicted octanol–water partition coefficient (Wildman–Crippen LogP) is 3.83. The normalized spacial score (nSPS) is 11.2.